The average Bonchev–Trinajstić information content (AvgIpc) is 2.89. The number of rotatable bonds is 2. The third-order valence-corrected chi connectivity index (χ3v) is 4.06. The number of hydrogen-bond acceptors (Lipinski definition) is 2. The van der Waals surface area contributed by atoms with Crippen molar-refractivity contribution in [2.24, 2.45) is 0 Å². The standard InChI is InChI=1S/C17H21N3O2/c1-3-5-16(22)20-10-15(21)19-11(2)8-12-9-18-13-6-4-7-14(20)17(12)13/h4,6-7,9,11,18H,3,5,8,10H2,1-2H3,(H,19,21). The molecule has 116 valence electrons. The highest BCUT2D eigenvalue weighted by Gasteiger charge is 2.25. The summed E-state index contributed by atoms with van der Waals surface area (Å²) in [4.78, 5) is 29.6. The highest BCUT2D eigenvalue weighted by molar-refractivity contribution is 6.07. The minimum Gasteiger partial charge on any atom is -0.361 e. The predicted molar refractivity (Wildman–Crippen MR) is 86.9 cm³/mol. The molecule has 5 heteroatoms. The van der Waals surface area contributed by atoms with E-state index in [0.29, 0.717) is 6.42 Å². The second kappa shape index (κ2) is 5.83. The van der Waals surface area contributed by atoms with Gasteiger partial charge in [-0.05, 0) is 37.5 Å². The van der Waals surface area contributed by atoms with Crippen LogP contribution in [0.25, 0.3) is 10.9 Å². The van der Waals surface area contributed by atoms with Gasteiger partial charge >= 0.3 is 0 Å². The van der Waals surface area contributed by atoms with Gasteiger partial charge in [-0.2, -0.15) is 0 Å². The third-order valence-electron chi connectivity index (χ3n) is 4.06. The van der Waals surface area contributed by atoms with Crippen LogP contribution in [0.3, 0.4) is 0 Å². The van der Waals surface area contributed by atoms with Crippen LogP contribution in [-0.2, 0) is 16.0 Å². The fourth-order valence-electron chi connectivity index (χ4n) is 3.12. The highest BCUT2D eigenvalue weighted by Crippen LogP contribution is 2.31. The lowest BCUT2D eigenvalue weighted by molar-refractivity contribution is -0.124. The second-order valence-corrected chi connectivity index (χ2v) is 5.92. The molecule has 3 rings (SSSR count). The first-order valence-electron chi connectivity index (χ1n) is 7.79. The average molecular weight is 299 g/mol. The number of aromatic nitrogens is 1. The van der Waals surface area contributed by atoms with E-state index < -0.39 is 0 Å². The fraction of sp³-hybridized carbons (Fsp3) is 0.412. The van der Waals surface area contributed by atoms with E-state index in [1.807, 2.05) is 38.2 Å². The number of benzene rings is 1. The Hall–Kier alpha value is -2.30. The van der Waals surface area contributed by atoms with Crippen molar-refractivity contribution < 1.29 is 9.59 Å². The molecule has 1 unspecified atom stereocenters. The Labute approximate surface area is 129 Å². The van der Waals surface area contributed by atoms with E-state index in [1.165, 1.54) is 0 Å². The van der Waals surface area contributed by atoms with E-state index in [0.717, 1.165) is 35.0 Å². The van der Waals surface area contributed by atoms with Crippen molar-refractivity contribution in [3.63, 3.8) is 0 Å². The minimum absolute atomic E-state index is 0.00754. The van der Waals surface area contributed by atoms with Crippen LogP contribution in [0.4, 0.5) is 5.69 Å². The molecule has 0 saturated heterocycles. The number of H-pyrrole nitrogens is 1. The van der Waals surface area contributed by atoms with Crippen LogP contribution in [0.15, 0.2) is 24.4 Å². The van der Waals surface area contributed by atoms with Crippen molar-refractivity contribution in [3.05, 3.63) is 30.0 Å². The van der Waals surface area contributed by atoms with Crippen LogP contribution in [0.5, 0.6) is 0 Å². The van der Waals surface area contributed by atoms with E-state index in [2.05, 4.69) is 10.3 Å². The molecule has 1 atom stereocenters. The van der Waals surface area contributed by atoms with Crippen molar-refractivity contribution in [3.8, 4) is 0 Å². The second-order valence-electron chi connectivity index (χ2n) is 5.92. The summed E-state index contributed by atoms with van der Waals surface area (Å²) in [5.74, 6) is -0.116. The molecule has 0 fully saturated rings. The number of nitrogens with one attached hydrogen (secondary N) is 2. The molecule has 1 aliphatic rings. The third kappa shape index (κ3) is 2.58. The predicted octanol–water partition coefficient (Wildman–Crippen LogP) is 2.36. The number of aromatic amines is 1. The quantitative estimate of drug-likeness (QED) is 0.894. The summed E-state index contributed by atoms with van der Waals surface area (Å²) >= 11 is 0. The van der Waals surface area contributed by atoms with Crippen molar-refractivity contribution >= 4 is 28.4 Å². The van der Waals surface area contributed by atoms with E-state index >= 15 is 0 Å². The molecule has 1 aromatic heterocycles. The molecule has 2 aromatic rings. The largest absolute Gasteiger partial charge is 0.361 e. The topological polar surface area (TPSA) is 65.2 Å². The van der Waals surface area contributed by atoms with Gasteiger partial charge in [0.25, 0.3) is 0 Å². The molecule has 1 aliphatic heterocycles. The number of carbonyl (C=O) groups is 2. The van der Waals surface area contributed by atoms with Crippen LogP contribution < -0.4 is 10.2 Å². The van der Waals surface area contributed by atoms with Crippen molar-refractivity contribution in [2.75, 3.05) is 11.4 Å². The van der Waals surface area contributed by atoms with E-state index in [1.54, 1.807) is 4.90 Å². The minimum atomic E-state index is -0.108. The van der Waals surface area contributed by atoms with Gasteiger partial charge in [0.1, 0.15) is 6.54 Å². The van der Waals surface area contributed by atoms with Crippen molar-refractivity contribution in [1.82, 2.24) is 10.3 Å². The van der Waals surface area contributed by atoms with Gasteiger partial charge in [0, 0.05) is 29.6 Å². The number of nitrogens with zero attached hydrogens (tertiary/aromatic N) is 1. The molecule has 0 bridgehead atoms. The molecule has 5 nitrogen and oxygen atoms in total. The lowest BCUT2D eigenvalue weighted by Crippen LogP contribution is -2.43. The molecular formula is C17H21N3O2. The number of hydrogen-bond donors (Lipinski definition) is 2. The van der Waals surface area contributed by atoms with E-state index in [-0.39, 0.29) is 24.4 Å². The fourth-order valence-corrected chi connectivity index (χ4v) is 3.12. The summed E-state index contributed by atoms with van der Waals surface area (Å²) in [5.41, 5.74) is 2.97. The Bertz CT molecular complexity index is 720. The first-order valence-corrected chi connectivity index (χ1v) is 7.79. The normalized spacial score (nSPS) is 18.5. The number of amides is 2. The van der Waals surface area contributed by atoms with E-state index in [4.69, 9.17) is 0 Å². The lowest BCUT2D eigenvalue weighted by atomic mass is 10.0. The summed E-state index contributed by atoms with van der Waals surface area (Å²) in [5, 5.41) is 4.02. The Morgan fingerprint density at radius 2 is 2.23 bits per heavy atom. The Morgan fingerprint density at radius 3 is 3.00 bits per heavy atom. The van der Waals surface area contributed by atoms with Gasteiger partial charge in [-0.1, -0.05) is 13.0 Å². The van der Waals surface area contributed by atoms with Crippen LogP contribution >= 0.6 is 0 Å². The Balaban J connectivity index is 2.16. The Kier molecular flexibility index (Phi) is 3.88. The van der Waals surface area contributed by atoms with Crippen LogP contribution in [-0.4, -0.2) is 29.4 Å². The molecule has 22 heavy (non-hydrogen) atoms. The molecule has 0 saturated carbocycles. The van der Waals surface area contributed by atoms with Gasteiger partial charge in [0.15, 0.2) is 0 Å². The smallest absolute Gasteiger partial charge is 0.240 e. The lowest BCUT2D eigenvalue weighted by Gasteiger charge is -2.23. The van der Waals surface area contributed by atoms with Gasteiger partial charge in [0.05, 0.1) is 5.69 Å². The molecule has 2 amide bonds. The number of carbonyl (C=O) groups excluding carboxylic acids is 2. The molecule has 0 radical (unpaired) electrons. The number of anilines is 1. The van der Waals surface area contributed by atoms with Crippen molar-refractivity contribution in [1.29, 1.82) is 0 Å². The summed E-state index contributed by atoms with van der Waals surface area (Å²) in [6.45, 7) is 4.04. The molecule has 2 heterocycles. The molecule has 2 N–H and O–H groups in total. The maximum atomic E-state index is 12.5. The van der Waals surface area contributed by atoms with Crippen molar-refractivity contribution in [2.45, 2.75) is 39.2 Å². The van der Waals surface area contributed by atoms with Crippen LogP contribution in [0, 0.1) is 0 Å². The molecule has 0 aliphatic carbocycles. The first kappa shape index (κ1) is 14.6. The zero-order valence-corrected chi connectivity index (χ0v) is 13.0. The van der Waals surface area contributed by atoms with Gasteiger partial charge < -0.3 is 15.2 Å². The van der Waals surface area contributed by atoms with E-state index in [9.17, 15) is 9.59 Å². The first-order chi connectivity index (χ1) is 10.6. The van der Waals surface area contributed by atoms with Gasteiger partial charge in [-0.3, -0.25) is 9.59 Å². The summed E-state index contributed by atoms with van der Waals surface area (Å²) in [6.07, 6.45) is 3.94. The van der Waals surface area contributed by atoms with Gasteiger partial charge in [0.2, 0.25) is 11.8 Å². The maximum Gasteiger partial charge on any atom is 0.240 e. The molecular weight excluding hydrogens is 278 g/mol. The van der Waals surface area contributed by atoms with Gasteiger partial charge in [-0.25, -0.2) is 0 Å². The monoisotopic (exact) mass is 299 g/mol. The zero-order valence-electron chi connectivity index (χ0n) is 13.0. The summed E-state index contributed by atoms with van der Waals surface area (Å²) in [7, 11) is 0. The SMILES string of the molecule is CCCC(=O)N1CC(=O)NC(C)Cc2c[nH]c3cccc1c23. The summed E-state index contributed by atoms with van der Waals surface area (Å²) < 4.78 is 0. The molecule has 0 spiro atoms. The zero-order chi connectivity index (χ0) is 15.7. The maximum absolute atomic E-state index is 12.5. The van der Waals surface area contributed by atoms with Gasteiger partial charge in [-0.15, -0.1) is 0 Å². The van der Waals surface area contributed by atoms with Crippen LogP contribution in [0.2, 0.25) is 0 Å². The molecule has 1 aromatic carbocycles. The Morgan fingerprint density at radius 1 is 1.41 bits per heavy atom. The highest BCUT2D eigenvalue weighted by atomic mass is 16.2. The van der Waals surface area contributed by atoms with Crippen LogP contribution in [0.1, 0.15) is 32.3 Å². The summed E-state index contributed by atoms with van der Waals surface area (Å²) in [6, 6.07) is 5.89.